The van der Waals surface area contributed by atoms with Crippen molar-refractivity contribution in [2.75, 3.05) is 0 Å². The molecule has 0 radical (unpaired) electrons. The van der Waals surface area contributed by atoms with Crippen molar-refractivity contribution < 1.29 is 9.90 Å². The Morgan fingerprint density at radius 2 is 2.46 bits per heavy atom. The van der Waals surface area contributed by atoms with Gasteiger partial charge >= 0.3 is 5.97 Å². The molecule has 1 aliphatic heterocycles. The topological polar surface area (TPSA) is 62.5 Å². The molecule has 2 heterocycles. The van der Waals surface area contributed by atoms with Gasteiger partial charge in [0.15, 0.2) is 6.04 Å². The van der Waals surface area contributed by atoms with Crippen molar-refractivity contribution in [3.05, 3.63) is 29.0 Å². The SMILES string of the molecule is O=C(O)C1CC=c2cnccc2=N1. The first-order chi connectivity index (χ1) is 6.27. The first-order valence-electron chi connectivity index (χ1n) is 3.98. The summed E-state index contributed by atoms with van der Waals surface area (Å²) in [4.78, 5) is 18.6. The fourth-order valence-corrected chi connectivity index (χ4v) is 1.29. The highest BCUT2D eigenvalue weighted by atomic mass is 16.4. The average molecular weight is 176 g/mol. The molecule has 4 nitrogen and oxygen atoms in total. The highest BCUT2D eigenvalue weighted by Gasteiger charge is 2.15. The predicted octanol–water partition coefficient (Wildman–Crippen LogP) is -0.661. The fourth-order valence-electron chi connectivity index (χ4n) is 1.29. The first-order valence-corrected chi connectivity index (χ1v) is 3.98. The fraction of sp³-hybridized carbons (Fsp3) is 0.222. The number of carboxylic acid groups (broad SMARTS) is 1. The number of hydrogen-bond acceptors (Lipinski definition) is 3. The van der Waals surface area contributed by atoms with E-state index in [-0.39, 0.29) is 0 Å². The van der Waals surface area contributed by atoms with Crippen LogP contribution in [0.1, 0.15) is 6.42 Å². The van der Waals surface area contributed by atoms with Crippen LogP contribution in [0.4, 0.5) is 0 Å². The number of carboxylic acids is 1. The molecule has 0 aliphatic carbocycles. The Kier molecular flexibility index (Phi) is 1.81. The van der Waals surface area contributed by atoms with Gasteiger partial charge in [0.1, 0.15) is 0 Å². The second-order valence-corrected chi connectivity index (χ2v) is 2.86. The summed E-state index contributed by atoms with van der Waals surface area (Å²) in [5.41, 5.74) is 0. The highest BCUT2D eigenvalue weighted by Crippen LogP contribution is 2.00. The van der Waals surface area contributed by atoms with E-state index in [1.807, 2.05) is 6.08 Å². The Hall–Kier alpha value is -1.71. The maximum absolute atomic E-state index is 10.6. The average Bonchev–Trinajstić information content (AvgIpc) is 2.17. The number of aromatic nitrogens is 1. The second-order valence-electron chi connectivity index (χ2n) is 2.86. The van der Waals surface area contributed by atoms with E-state index >= 15 is 0 Å². The van der Waals surface area contributed by atoms with Crippen molar-refractivity contribution in [2.24, 2.45) is 4.99 Å². The molecule has 0 saturated heterocycles. The minimum Gasteiger partial charge on any atom is -0.480 e. The molecule has 0 aromatic carbocycles. The number of pyridine rings is 1. The summed E-state index contributed by atoms with van der Waals surface area (Å²) in [6, 6.07) is 1.09. The lowest BCUT2D eigenvalue weighted by molar-refractivity contribution is -0.138. The Bertz CT molecular complexity index is 453. The van der Waals surface area contributed by atoms with Gasteiger partial charge in [-0.25, -0.2) is 4.79 Å². The molecule has 0 saturated carbocycles. The third-order valence-electron chi connectivity index (χ3n) is 1.97. The third kappa shape index (κ3) is 1.42. The summed E-state index contributed by atoms with van der Waals surface area (Å²) in [7, 11) is 0. The zero-order valence-corrected chi connectivity index (χ0v) is 6.84. The van der Waals surface area contributed by atoms with Crippen LogP contribution in [0.5, 0.6) is 0 Å². The van der Waals surface area contributed by atoms with Gasteiger partial charge in [-0.15, -0.1) is 0 Å². The standard InChI is InChI=1S/C9H8N2O2/c12-9(13)8-2-1-6-5-10-4-3-7(6)11-8/h1,3-5,8H,2H2,(H,12,13). The molecule has 0 fully saturated rings. The number of rotatable bonds is 1. The zero-order chi connectivity index (χ0) is 9.26. The number of carbonyl (C=O) groups is 1. The van der Waals surface area contributed by atoms with Gasteiger partial charge in [0.05, 0.1) is 5.36 Å². The van der Waals surface area contributed by atoms with Crippen molar-refractivity contribution in [1.82, 2.24) is 4.98 Å². The van der Waals surface area contributed by atoms with Gasteiger partial charge in [0.25, 0.3) is 0 Å². The molecular formula is C9H8N2O2. The van der Waals surface area contributed by atoms with Crippen molar-refractivity contribution in [1.29, 1.82) is 0 Å². The predicted molar refractivity (Wildman–Crippen MR) is 45.5 cm³/mol. The molecule has 1 aromatic rings. The van der Waals surface area contributed by atoms with Crippen LogP contribution >= 0.6 is 0 Å². The third-order valence-corrected chi connectivity index (χ3v) is 1.97. The molecular weight excluding hydrogens is 168 g/mol. The van der Waals surface area contributed by atoms with Crippen LogP contribution < -0.4 is 10.6 Å². The number of fused-ring (bicyclic) bond motifs is 1. The lowest BCUT2D eigenvalue weighted by Gasteiger charge is -2.07. The molecule has 1 atom stereocenters. The molecule has 1 unspecified atom stereocenters. The van der Waals surface area contributed by atoms with Gasteiger partial charge < -0.3 is 5.11 Å². The van der Waals surface area contributed by atoms with Crippen LogP contribution in [0.3, 0.4) is 0 Å². The summed E-state index contributed by atoms with van der Waals surface area (Å²) in [6.07, 6.45) is 5.61. The molecule has 1 N–H and O–H groups in total. The van der Waals surface area contributed by atoms with E-state index in [9.17, 15) is 4.79 Å². The Morgan fingerprint density at radius 3 is 3.23 bits per heavy atom. The van der Waals surface area contributed by atoms with Crippen molar-refractivity contribution in [3.63, 3.8) is 0 Å². The molecule has 4 heteroatoms. The Labute approximate surface area is 74.3 Å². The molecule has 13 heavy (non-hydrogen) atoms. The van der Waals surface area contributed by atoms with E-state index in [4.69, 9.17) is 5.11 Å². The van der Waals surface area contributed by atoms with Crippen molar-refractivity contribution in [2.45, 2.75) is 12.5 Å². The molecule has 1 aliphatic rings. The Morgan fingerprint density at radius 1 is 1.62 bits per heavy atom. The lowest BCUT2D eigenvalue weighted by Crippen LogP contribution is -2.34. The monoisotopic (exact) mass is 176 g/mol. The minimum atomic E-state index is -0.876. The van der Waals surface area contributed by atoms with Crippen LogP contribution in [-0.4, -0.2) is 22.1 Å². The molecule has 1 aromatic heterocycles. The van der Waals surface area contributed by atoms with E-state index in [0.29, 0.717) is 11.8 Å². The molecule has 2 rings (SSSR count). The summed E-state index contributed by atoms with van der Waals surface area (Å²) in [6.45, 7) is 0. The van der Waals surface area contributed by atoms with Crippen LogP contribution in [0.25, 0.3) is 6.08 Å². The minimum absolute atomic E-state index is 0.452. The summed E-state index contributed by atoms with van der Waals surface area (Å²) in [5, 5.41) is 10.4. The number of hydrogen-bond donors (Lipinski definition) is 1. The first kappa shape index (κ1) is 7.91. The summed E-state index contributed by atoms with van der Waals surface area (Å²) >= 11 is 0. The van der Waals surface area contributed by atoms with E-state index in [1.54, 1.807) is 18.5 Å². The van der Waals surface area contributed by atoms with E-state index in [2.05, 4.69) is 9.98 Å². The second kappa shape index (κ2) is 2.97. The molecule has 0 bridgehead atoms. The normalized spacial score (nSPS) is 19.5. The van der Waals surface area contributed by atoms with Crippen molar-refractivity contribution >= 4 is 12.0 Å². The molecule has 66 valence electrons. The molecule has 0 spiro atoms. The van der Waals surface area contributed by atoms with E-state index < -0.39 is 12.0 Å². The van der Waals surface area contributed by atoms with Gasteiger partial charge in [0, 0.05) is 17.6 Å². The maximum atomic E-state index is 10.6. The zero-order valence-electron chi connectivity index (χ0n) is 6.84. The van der Waals surface area contributed by atoms with Gasteiger partial charge in [-0.2, -0.15) is 0 Å². The van der Waals surface area contributed by atoms with Gasteiger partial charge in [-0.3, -0.25) is 9.98 Å². The van der Waals surface area contributed by atoms with Crippen LogP contribution in [0, 0.1) is 0 Å². The number of nitrogens with zero attached hydrogens (tertiary/aromatic N) is 2. The smallest absolute Gasteiger partial charge is 0.328 e. The Balaban J connectivity index is 2.55. The quantitative estimate of drug-likeness (QED) is 0.617. The van der Waals surface area contributed by atoms with Crippen LogP contribution in [-0.2, 0) is 4.79 Å². The van der Waals surface area contributed by atoms with Gasteiger partial charge in [0.2, 0.25) is 0 Å². The largest absolute Gasteiger partial charge is 0.480 e. The van der Waals surface area contributed by atoms with Crippen LogP contribution in [0.15, 0.2) is 23.5 Å². The number of aliphatic carboxylic acids is 1. The summed E-state index contributed by atoms with van der Waals surface area (Å²) < 4.78 is 0. The van der Waals surface area contributed by atoms with Crippen LogP contribution in [0.2, 0.25) is 0 Å². The summed E-state index contributed by atoms with van der Waals surface area (Å²) in [5.74, 6) is -0.876. The van der Waals surface area contributed by atoms with Gasteiger partial charge in [-0.05, 0) is 12.5 Å². The van der Waals surface area contributed by atoms with Crippen molar-refractivity contribution in [3.8, 4) is 0 Å². The van der Waals surface area contributed by atoms with E-state index in [0.717, 1.165) is 5.22 Å². The van der Waals surface area contributed by atoms with E-state index in [1.165, 1.54) is 0 Å². The van der Waals surface area contributed by atoms with Gasteiger partial charge in [-0.1, -0.05) is 6.08 Å². The molecule has 0 amide bonds. The lowest BCUT2D eigenvalue weighted by atomic mass is 10.1. The highest BCUT2D eigenvalue weighted by molar-refractivity contribution is 5.74. The maximum Gasteiger partial charge on any atom is 0.328 e.